The third-order valence-corrected chi connectivity index (χ3v) is 3.59. The predicted molar refractivity (Wildman–Crippen MR) is 95.9 cm³/mol. The summed E-state index contributed by atoms with van der Waals surface area (Å²) < 4.78 is 5.59. The lowest BCUT2D eigenvalue weighted by molar-refractivity contribution is -0.384. The van der Waals surface area contributed by atoms with E-state index in [4.69, 9.17) is 9.57 Å². The number of nitro benzene ring substituents is 1. The lowest BCUT2D eigenvalue weighted by Gasteiger charge is -2.09. The van der Waals surface area contributed by atoms with Crippen LogP contribution < -0.4 is 4.74 Å². The molecular formula is C19H16N2O5. The van der Waals surface area contributed by atoms with Crippen molar-refractivity contribution < 1.29 is 19.3 Å². The second-order valence-corrected chi connectivity index (χ2v) is 5.92. The van der Waals surface area contributed by atoms with Crippen LogP contribution in [0.15, 0.2) is 59.3 Å². The second kappa shape index (κ2) is 7.18. The first-order valence-corrected chi connectivity index (χ1v) is 7.97. The van der Waals surface area contributed by atoms with Crippen molar-refractivity contribution in [3.63, 3.8) is 0 Å². The highest BCUT2D eigenvalue weighted by atomic mass is 16.7. The normalized spacial score (nSPS) is 15.1. The van der Waals surface area contributed by atoms with Crippen molar-refractivity contribution in [2.75, 3.05) is 0 Å². The maximum atomic E-state index is 12.0. The molecule has 1 aliphatic heterocycles. The highest BCUT2D eigenvalue weighted by Crippen LogP contribution is 2.24. The molecule has 0 spiro atoms. The fourth-order valence-electron chi connectivity index (χ4n) is 2.47. The smallest absolute Gasteiger partial charge is 0.368 e. The molecule has 3 rings (SSSR count). The summed E-state index contributed by atoms with van der Waals surface area (Å²) in [5.41, 5.74) is 1.62. The lowest BCUT2D eigenvalue weighted by atomic mass is 10.0. The highest BCUT2D eigenvalue weighted by Gasteiger charge is 2.27. The van der Waals surface area contributed by atoms with Gasteiger partial charge in [0.15, 0.2) is 0 Å². The van der Waals surface area contributed by atoms with E-state index in [-0.39, 0.29) is 23.1 Å². The summed E-state index contributed by atoms with van der Waals surface area (Å²) in [4.78, 5) is 27.3. The number of nitro groups is 1. The van der Waals surface area contributed by atoms with Crippen LogP contribution in [0.1, 0.15) is 25.0 Å². The van der Waals surface area contributed by atoms with E-state index in [9.17, 15) is 14.9 Å². The zero-order chi connectivity index (χ0) is 18.7. The first-order valence-electron chi connectivity index (χ1n) is 7.97. The maximum absolute atomic E-state index is 12.0. The molecule has 0 unspecified atom stereocenters. The second-order valence-electron chi connectivity index (χ2n) is 5.92. The largest absolute Gasteiger partial charge is 0.491 e. The first kappa shape index (κ1) is 17.3. The van der Waals surface area contributed by atoms with Crippen molar-refractivity contribution in [2.24, 2.45) is 5.16 Å². The van der Waals surface area contributed by atoms with E-state index in [1.165, 1.54) is 18.2 Å². The number of ether oxygens (including phenoxy) is 1. The van der Waals surface area contributed by atoms with Crippen molar-refractivity contribution in [2.45, 2.75) is 20.0 Å². The number of benzene rings is 2. The fourth-order valence-corrected chi connectivity index (χ4v) is 2.47. The Morgan fingerprint density at radius 3 is 2.58 bits per heavy atom. The van der Waals surface area contributed by atoms with E-state index in [1.54, 1.807) is 36.4 Å². The van der Waals surface area contributed by atoms with Crippen LogP contribution in [0.2, 0.25) is 0 Å². The summed E-state index contributed by atoms with van der Waals surface area (Å²) in [6.07, 6.45) is 1.70. The monoisotopic (exact) mass is 352 g/mol. The van der Waals surface area contributed by atoms with Crippen LogP contribution in [0, 0.1) is 10.1 Å². The van der Waals surface area contributed by atoms with Gasteiger partial charge in [0.2, 0.25) is 0 Å². The zero-order valence-corrected chi connectivity index (χ0v) is 14.2. The van der Waals surface area contributed by atoms with Gasteiger partial charge in [-0.1, -0.05) is 29.4 Å². The third-order valence-electron chi connectivity index (χ3n) is 3.59. The molecule has 0 bridgehead atoms. The fraction of sp³-hybridized carbons (Fsp3) is 0.158. The molecule has 0 amide bonds. The number of carbonyl (C=O) groups excluding carboxylic acids is 1. The van der Waals surface area contributed by atoms with Crippen LogP contribution in [0.3, 0.4) is 0 Å². The molecule has 2 aromatic rings. The molecule has 0 radical (unpaired) electrons. The van der Waals surface area contributed by atoms with Crippen molar-refractivity contribution in [3.05, 3.63) is 75.3 Å². The van der Waals surface area contributed by atoms with Crippen LogP contribution in [0.25, 0.3) is 6.08 Å². The zero-order valence-electron chi connectivity index (χ0n) is 14.2. The number of carbonyl (C=O) groups is 1. The molecule has 7 heteroatoms. The van der Waals surface area contributed by atoms with Gasteiger partial charge < -0.3 is 9.57 Å². The molecule has 1 heterocycles. The molecule has 0 aromatic heterocycles. The number of hydrogen-bond donors (Lipinski definition) is 0. The van der Waals surface area contributed by atoms with Crippen LogP contribution in [0.4, 0.5) is 5.69 Å². The number of oxime groups is 1. The number of hydrogen-bond acceptors (Lipinski definition) is 6. The van der Waals surface area contributed by atoms with E-state index < -0.39 is 10.9 Å². The van der Waals surface area contributed by atoms with Gasteiger partial charge in [-0.3, -0.25) is 10.1 Å². The Hall–Kier alpha value is -3.48. The van der Waals surface area contributed by atoms with Crippen LogP contribution in [-0.4, -0.2) is 22.7 Å². The van der Waals surface area contributed by atoms with E-state index in [0.717, 1.165) is 11.3 Å². The van der Waals surface area contributed by atoms with Crippen molar-refractivity contribution in [3.8, 4) is 5.75 Å². The van der Waals surface area contributed by atoms with Crippen LogP contribution in [-0.2, 0) is 9.63 Å². The summed E-state index contributed by atoms with van der Waals surface area (Å²) in [7, 11) is 0. The summed E-state index contributed by atoms with van der Waals surface area (Å²) in [5, 5.41) is 14.7. The Balaban J connectivity index is 1.91. The topological polar surface area (TPSA) is 91.0 Å². The Labute approximate surface area is 149 Å². The molecular weight excluding hydrogens is 336 g/mol. The SMILES string of the molecule is CC(C)Oc1ccc(/C=C2/C(=O)ON=C2c2cccc([N+](=O)[O-])c2)cc1. The minimum absolute atomic E-state index is 0.0663. The molecule has 1 aliphatic rings. The number of nitrogens with zero attached hydrogens (tertiary/aromatic N) is 2. The van der Waals surface area contributed by atoms with Gasteiger partial charge in [0.05, 0.1) is 16.6 Å². The van der Waals surface area contributed by atoms with Gasteiger partial charge in [-0.05, 0) is 37.6 Å². The molecule has 0 saturated heterocycles. The van der Waals surface area contributed by atoms with Gasteiger partial charge in [-0.15, -0.1) is 0 Å². The lowest BCUT2D eigenvalue weighted by Crippen LogP contribution is -2.07. The van der Waals surface area contributed by atoms with E-state index in [0.29, 0.717) is 5.56 Å². The molecule has 132 valence electrons. The quantitative estimate of drug-likeness (QED) is 0.354. The van der Waals surface area contributed by atoms with Crippen molar-refractivity contribution in [1.82, 2.24) is 0 Å². The molecule has 0 fully saturated rings. The van der Waals surface area contributed by atoms with Gasteiger partial charge in [-0.2, -0.15) is 0 Å². The standard InChI is InChI=1S/C19H16N2O5/c1-12(2)25-16-8-6-13(7-9-16)10-17-18(20-26-19(17)22)14-4-3-5-15(11-14)21(23)24/h3-12H,1-2H3/b17-10+. The van der Waals surface area contributed by atoms with E-state index in [2.05, 4.69) is 5.16 Å². The summed E-state index contributed by atoms with van der Waals surface area (Å²) in [6, 6.07) is 13.1. The van der Waals surface area contributed by atoms with E-state index in [1.807, 2.05) is 13.8 Å². The third kappa shape index (κ3) is 3.77. The highest BCUT2D eigenvalue weighted by molar-refractivity contribution is 6.31. The molecule has 26 heavy (non-hydrogen) atoms. The molecule has 0 atom stereocenters. The van der Waals surface area contributed by atoms with Crippen molar-refractivity contribution >= 4 is 23.4 Å². The summed E-state index contributed by atoms with van der Waals surface area (Å²) in [6.45, 7) is 3.87. The van der Waals surface area contributed by atoms with Crippen molar-refractivity contribution in [1.29, 1.82) is 0 Å². The first-order chi connectivity index (χ1) is 12.4. The number of rotatable bonds is 5. The van der Waals surface area contributed by atoms with Gasteiger partial charge >= 0.3 is 5.97 Å². The Morgan fingerprint density at radius 2 is 1.92 bits per heavy atom. The Kier molecular flexibility index (Phi) is 4.79. The summed E-state index contributed by atoms with van der Waals surface area (Å²) in [5.74, 6) is 0.123. The van der Waals surface area contributed by atoms with Gasteiger partial charge in [0.1, 0.15) is 11.5 Å². The molecule has 2 aromatic carbocycles. The average molecular weight is 352 g/mol. The Bertz CT molecular complexity index is 914. The summed E-state index contributed by atoms with van der Waals surface area (Å²) >= 11 is 0. The number of non-ortho nitro benzene ring substituents is 1. The van der Waals surface area contributed by atoms with Gasteiger partial charge in [0.25, 0.3) is 5.69 Å². The van der Waals surface area contributed by atoms with Gasteiger partial charge in [0, 0.05) is 17.7 Å². The molecule has 7 nitrogen and oxygen atoms in total. The van der Waals surface area contributed by atoms with Gasteiger partial charge in [-0.25, -0.2) is 4.79 Å². The van der Waals surface area contributed by atoms with Crippen LogP contribution >= 0.6 is 0 Å². The maximum Gasteiger partial charge on any atom is 0.368 e. The molecule has 0 saturated carbocycles. The minimum Gasteiger partial charge on any atom is -0.491 e. The minimum atomic E-state index is -0.603. The Morgan fingerprint density at radius 1 is 1.19 bits per heavy atom. The molecule has 0 aliphatic carbocycles. The average Bonchev–Trinajstić information content (AvgIpc) is 2.97. The van der Waals surface area contributed by atoms with Crippen LogP contribution in [0.5, 0.6) is 5.75 Å². The van der Waals surface area contributed by atoms with E-state index >= 15 is 0 Å². The predicted octanol–water partition coefficient (Wildman–Crippen LogP) is 3.73. The molecule has 0 N–H and O–H groups in total.